The highest BCUT2D eigenvalue weighted by atomic mass is 35.5. The lowest BCUT2D eigenvalue weighted by molar-refractivity contribution is 0.0776. The average molecular weight is 273 g/mol. The standard InChI is InChI=1S/C12H17ClN2O3/c1-17-8-10-6-11(14-18-10)12(16)15-5-3-9(7-15)2-4-13/h6,9H,2-5,7-8H2,1H3. The molecule has 0 aromatic carbocycles. The van der Waals surface area contributed by atoms with Gasteiger partial charge in [0.15, 0.2) is 11.5 Å². The highest BCUT2D eigenvalue weighted by molar-refractivity contribution is 6.17. The van der Waals surface area contributed by atoms with Crippen LogP contribution in [-0.4, -0.2) is 42.0 Å². The molecule has 5 nitrogen and oxygen atoms in total. The van der Waals surface area contributed by atoms with Gasteiger partial charge in [-0.1, -0.05) is 5.16 Å². The Kier molecular flexibility index (Phi) is 4.60. The van der Waals surface area contributed by atoms with Gasteiger partial charge in [-0.25, -0.2) is 0 Å². The molecule has 0 bridgehead atoms. The van der Waals surface area contributed by atoms with Crippen LogP contribution < -0.4 is 0 Å². The summed E-state index contributed by atoms with van der Waals surface area (Å²) < 4.78 is 9.94. The van der Waals surface area contributed by atoms with E-state index in [-0.39, 0.29) is 5.91 Å². The van der Waals surface area contributed by atoms with Crippen LogP contribution in [0, 0.1) is 5.92 Å². The van der Waals surface area contributed by atoms with Gasteiger partial charge in [-0.15, -0.1) is 11.6 Å². The number of alkyl halides is 1. The number of halogens is 1. The lowest BCUT2D eigenvalue weighted by Gasteiger charge is -2.14. The van der Waals surface area contributed by atoms with Crippen molar-refractivity contribution in [2.75, 3.05) is 26.1 Å². The van der Waals surface area contributed by atoms with Crippen LogP contribution in [0.15, 0.2) is 10.6 Å². The molecule has 1 saturated heterocycles. The fourth-order valence-electron chi connectivity index (χ4n) is 2.19. The number of carbonyl (C=O) groups is 1. The van der Waals surface area contributed by atoms with Gasteiger partial charge in [-0.3, -0.25) is 4.79 Å². The molecule has 1 atom stereocenters. The maximum Gasteiger partial charge on any atom is 0.276 e. The number of amides is 1. The van der Waals surface area contributed by atoms with E-state index < -0.39 is 0 Å². The number of carbonyl (C=O) groups excluding carboxylic acids is 1. The Balaban J connectivity index is 1.94. The maximum absolute atomic E-state index is 12.1. The number of likely N-dealkylation sites (tertiary alicyclic amines) is 1. The first kappa shape index (κ1) is 13.4. The summed E-state index contributed by atoms with van der Waals surface area (Å²) in [5, 5.41) is 3.78. The van der Waals surface area contributed by atoms with Gasteiger partial charge in [-0.05, 0) is 18.8 Å². The van der Waals surface area contributed by atoms with Crippen LogP contribution >= 0.6 is 11.6 Å². The van der Waals surface area contributed by atoms with Crippen LogP contribution in [0.25, 0.3) is 0 Å². The fourth-order valence-corrected chi connectivity index (χ4v) is 2.50. The second kappa shape index (κ2) is 6.20. The summed E-state index contributed by atoms with van der Waals surface area (Å²) in [5.41, 5.74) is 0.355. The van der Waals surface area contributed by atoms with Gasteiger partial charge < -0.3 is 14.2 Å². The van der Waals surface area contributed by atoms with Gasteiger partial charge in [0.2, 0.25) is 0 Å². The molecule has 1 amide bonds. The third-order valence-corrected chi connectivity index (χ3v) is 3.37. The highest BCUT2D eigenvalue weighted by Crippen LogP contribution is 2.21. The smallest absolute Gasteiger partial charge is 0.276 e. The number of hydrogen-bond donors (Lipinski definition) is 0. The van der Waals surface area contributed by atoms with E-state index in [4.69, 9.17) is 20.9 Å². The van der Waals surface area contributed by atoms with Crippen molar-refractivity contribution >= 4 is 17.5 Å². The molecule has 0 aliphatic carbocycles. The van der Waals surface area contributed by atoms with E-state index in [0.717, 1.165) is 25.9 Å². The Bertz CT molecular complexity index is 408. The number of rotatable bonds is 5. The fraction of sp³-hybridized carbons (Fsp3) is 0.667. The summed E-state index contributed by atoms with van der Waals surface area (Å²) >= 11 is 5.72. The van der Waals surface area contributed by atoms with E-state index in [2.05, 4.69) is 5.16 Å². The minimum atomic E-state index is -0.0711. The molecule has 6 heteroatoms. The van der Waals surface area contributed by atoms with Crippen LogP contribution in [0.1, 0.15) is 29.1 Å². The molecular weight excluding hydrogens is 256 g/mol. The molecule has 0 N–H and O–H groups in total. The van der Waals surface area contributed by atoms with Crippen LogP contribution in [0.5, 0.6) is 0 Å². The Labute approximate surface area is 111 Å². The Morgan fingerprint density at radius 1 is 1.72 bits per heavy atom. The lowest BCUT2D eigenvalue weighted by Crippen LogP contribution is -2.29. The number of aromatic nitrogens is 1. The summed E-state index contributed by atoms with van der Waals surface area (Å²) in [6.45, 7) is 1.86. The predicted octanol–water partition coefficient (Wildman–Crippen LogP) is 1.91. The second-order valence-electron chi connectivity index (χ2n) is 4.50. The van der Waals surface area contributed by atoms with Gasteiger partial charge in [-0.2, -0.15) is 0 Å². The van der Waals surface area contributed by atoms with Crippen molar-refractivity contribution in [3.05, 3.63) is 17.5 Å². The first-order valence-corrected chi connectivity index (χ1v) is 6.57. The van der Waals surface area contributed by atoms with E-state index in [1.807, 2.05) is 4.90 Å². The number of ether oxygens (including phenoxy) is 1. The highest BCUT2D eigenvalue weighted by Gasteiger charge is 2.28. The minimum absolute atomic E-state index is 0.0711. The molecule has 18 heavy (non-hydrogen) atoms. The molecule has 1 aliphatic heterocycles. The largest absolute Gasteiger partial charge is 0.377 e. The topological polar surface area (TPSA) is 55.6 Å². The van der Waals surface area contributed by atoms with Crippen molar-refractivity contribution in [2.45, 2.75) is 19.4 Å². The van der Waals surface area contributed by atoms with Crippen molar-refractivity contribution in [3.63, 3.8) is 0 Å². The van der Waals surface area contributed by atoms with E-state index >= 15 is 0 Å². The molecule has 1 aromatic rings. The predicted molar refractivity (Wildman–Crippen MR) is 66.6 cm³/mol. The van der Waals surface area contributed by atoms with E-state index in [1.165, 1.54) is 0 Å². The normalized spacial score (nSPS) is 19.4. The minimum Gasteiger partial charge on any atom is -0.377 e. The average Bonchev–Trinajstić information content (AvgIpc) is 2.98. The van der Waals surface area contributed by atoms with Crippen molar-refractivity contribution in [1.29, 1.82) is 0 Å². The zero-order valence-corrected chi connectivity index (χ0v) is 11.2. The molecule has 1 unspecified atom stereocenters. The van der Waals surface area contributed by atoms with Crippen molar-refractivity contribution in [3.8, 4) is 0 Å². The van der Waals surface area contributed by atoms with Crippen molar-refractivity contribution in [1.82, 2.24) is 10.1 Å². The van der Waals surface area contributed by atoms with Gasteiger partial charge >= 0.3 is 0 Å². The third kappa shape index (κ3) is 3.03. The summed E-state index contributed by atoms with van der Waals surface area (Å²) in [5.74, 6) is 1.65. The van der Waals surface area contributed by atoms with Gasteiger partial charge in [0, 0.05) is 32.1 Å². The summed E-state index contributed by atoms with van der Waals surface area (Å²) in [7, 11) is 1.57. The summed E-state index contributed by atoms with van der Waals surface area (Å²) in [6, 6.07) is 1.64. The third-order valence-electron chi connectivity index (χ3n) is 3.16. The van der Waals surface area contributed by atoms with E-state index in [9.17, 15) is 4.79 Å². The molecule has 2 heterocycles. The quantitative estimate of drug-likeness (QED) is 0.769. The molecule has 100 valence electrons. The van der Waals surface area contributed by atoms with E-state index in [0.29, 0.717) is 29.9 Å². The Morgan fingerprint density at radius 2 is 2.56 bits per heavy atom. The van der Waals surface area contributed by atoms with Crippen LogP contribution in [0.2, 0.25) is 0 Å². The molecule has 1 aromatic heterocycles. The van der Waals surface area contributed by atoms with Crippen molar-refractivity contribution in [2.24, 2.45) is 5.92 Å². The maximum atomic E-state index is 12.1. The lowest BCUT2D eigenvalue weighted by atomic mass is 10.1. The summed E-state index contributed by atoms with van der Waals surface area (Å²) in [6.07, 6.45) is 1.97. The van der Waals surface area contributed by atoms with E-state index in [1.54, 1.807) is 13.2 Å². The molecule has 1 fully saturated rings. The summed E-state index contributed by atoms with van der Waals surface area (Å²) in [4.78, 5) is 14.0. The Morgan fingerprint density at radius 3 is 3.28 bits per heavy atom. The Hall–Kier alpha value is -1.07. The first-order chi connectivity index (χ1) is 8.74. The van der Waals surface area contributed by atoms with Crippen molar-refractivity contribution < 1.29 is 14.1 Å². The van der Waals surface area contributed by atoms with Gasteiger partial charge in [0.05, 0.1) is 0 Å². The molecule has 0 saturated carbocycles. The molecule has 0 radical (unpaired) electrons. The van der Waals surface area contributed by atoms with Gasteiger partial charge in [0.25, 0.3) is 5.91 Å². The van der Waals surface area contributed by atoms with Crippen LogP contribution in [-0.2, 0) is 11.3 Å². The molecule has 1 aliphatic rings. The zero-order valence-electron chi connectivity index (χ0n) is 10.4. The molecule has 0 spiro atoms. The number of methoxy groups -OCH3 is 1. The number of hydrogen-bond acceptors (Lipinski definition) is 4. The monoisotopic (exact) mass is 272 g/mol. The van der Waals surface area contributed by atoms with Gasteiger partial charge in [0.1, 0.15) is 6.61 Å². The molecule has 2 rings (SSSR count). The van der Waals surface area contributed by atoms with Crippen LogP contribution in [0.3, 0.4) is 0 Å². The zero-order chi connectivity index (χ0) is 13.0. The number of nitrogens with zero attached hydrogens (tertiary/aromatic N) is 2. The van der Waals surface area contributed by atoms with Crippen LogP contribution in [0.4, 0.5) is 0 Å². The molecular formula is C12H17ClN2O3. The SMILES string of the molecule is COCc1cc(C(=O)N2CCC(CCCl)C2)no1. The second-order valence-corrected chi connectivity index (χ2v) is 4.87. The first-order valence-electron chi connectivity index (χ1n) is 6.04.